The highest BCUT2D eigenvalue weighted by Gasteiger charge is 2.14. The van der Waals surface area contributed by atoms with E-state index in [1.165, 1.54) is 0 Å². The van der Waals surface area contributed by atoms with Crippen LogP contribution < -0.4 is 10.6 Å². The Bertz CT molecular complexity index is 1010. The highest BCUT2D eigenvalue weighted by Crippen LogP contribution is 2.28. The number of aryl methyl sites for hydroxylation is 2. The van der Waals surface area contributed by atoms with Crippen LogP contribution in [0.5, 0.6) is 0 Å². The van der Waals surface area contributed by atoms with E-state index in [9.17, 15) is 4.79 Å². The number of hydrogen-bond donors (Lipinski definition) is 2. The lowest BCUT2D eigenvalue weighted by molar-refractivity contribution is -0.118. The van der Waals surface area contributed by atoms with Crippen molar-refractivity contribution in [2.45, 2.75) is 13.8 Å². The number of nitrogens with zero attached hydrogens (tertiary/aromatic N) is 4. The molecule has 1 aromatic carbocycles. The smallest absolute Gasteiger partial charge is 0.238 e. The maximum Gasteiger partial charge on any atom is 0.238 e. The molecule has 0 aliphatic carbocycles. The first kappa shape index (κ1) is 20.4. The Labute approximate surface area is 179 Å². The number of rotatable bonds is 6. The molecule has 3 aromatic rings. The summed E-state index contributed by atoms with van der Waals surface area (Å²) in [5, 5.41) is 7.16. The van der Waals surface area contributed by atoms with Gasteiger partial charge in [-0.05, 0) is 44.2 Å². The fourth-order valence-corrected chi connectivity index (χ4v) is 4.13. The average Bonchev–Trinajstić information content (AvgIpc) is 3.08. The minimum absolute atomic E-state index is 0.0242. The van der Waals surface area contributed by atoms with Crippen molar-refractivity contribution in [2.75, 3.05) is 43.5 Å². The van der Waals surface area contributed by atoms with E-state index in [-0.39, 0.29) is 5.91 Å². The lowest BCUT2D eigenvalue weighted by Crippen LogP contribution is -2.41. The van der Waals surface area contributed by atoms with Crippen LogP contribution in [0.2, 0.25) is 0 Å². The van der Waals surface area contributed by atoms with Gasteiger partial charge in [0.2, 0.25) is 11.9 Å². The molecule has 0 unspecified atom stereocenters. The molecule has 156 valence electrons. The molecule has 1 aliphatic rings. The standard InChI is InChI=1S/C21H24N6O2S/c1-14-20(30-15(2)23-14)18-7-8-22-21(26-18)25-17-5-3-16(4-6-17)24-19(28)13-27-9-11-29-12-10-27/h3-8H,9-13H2,1-2H3,(H,24,28)(H,22,25,26). The topological polar surface area (TPSA) is 92.3 Å². The summed E-state index contributed by atoms with van der Waals surface area (Å²) in [5.74, 6) is 0.492. The van der Waals surface area contributed by atoms with Crippen molar-refractivity contribution in [1.29, 1.82) is 0 Å². The molecule has 1 amide bonds. The van der Waals surface area contributed by atoms with Gasteiger partial charge in [-0.3, -0.25) is 9.69 Å². The second-order valence-corrected chi connectivity index (χ2v) is 8.26. The Morgan fingerprint density at radius 1 is 1.10 bits per heavy atom. The minimum atomic E-state index is -0.0242. The monoisotopic (exact) mass is 424 g/mol. The lowest BCUT2D eigenvalue weighted by atomic mass is 10.2. The fourth-order valence-electron chi connectivity index (χ4n) is 3.24. The van der Waals surface area contributed by atoms with Crippen molar-refractivity contribution in [3.05, 3.63) is 47.2 Å². The number of nitrogens with one attached hydrogen (secondary N) is 2. The van der Waals surface area contributed by atoms with E-state index >= 15 is 0 Å². The molecular weight excluding hydrogens is 400 g/mol. The minimum Gasteiger partial charge on any atom is -0.379 e. The first-order valence-corrected chi connectivity index (χ1v) is 10.6. The van der Waals surface area contributed by atoms with E-state index in [0.717, 1.165) is 45.7 Å². The molecule has 1 saturated heterocycles. The predicted molar refractivity (Wildman–Crippen MR) is 118 cm³/mol. The van der Waals surface area contributed by atoms with Gasteiger partial charge >= 0.3 is 0 Å². The van der Waals surface area contributed by atoms with Gasteiger partial charge in [-0.15, -0.1) is 11.3 Å². The Hall–Kier alpha value is -2.88. The van der Waals surface area contributed by atoms with Crippen molar-refractivity contribution in [1.82, 2.24) is 19.9 Å². The third-order valence-electron chi connectivity index (χ3n) is 4.69. The number of anilines is 3. The number of amides is 1. The molecule has 9 heteroatoms. The van der Waals surface area contributed by atoms with Crippen LogP contribution >= 0.6 is 11.3 Å². The number of ether oxygens (including phenoxy) is 1. The summed E-state index contributed by atoms with van der Waals surface area (Å²) in [4.78, 5) is 28.8. The summed E-state index contributed by atoms with van der Waals surface area (Å²) in [6, 6.07) is 9.39. The third-order valence-corrected chi connectivity index (χ3v) is 5.78. The zero-order chi connectivity index (χ0) is 20.9. The summed E-state index contributed by atoms with van der Waals surface area (Å²) in [7, 11) is 0. The van der Waals surface area contributed by atoms with Crippen LogP contribution in [0.1, 0.15) is 10.7 Å². The van der Waals surface area contributed by atoms with Gasteiger partial charge in [0.05, 0.1) is 41.0 Å². The van der Waals surface area contributed by atoms with Crippen LogP contribution in [0, 0.1) is 13.8 Å². The van der Waals surface area contributed by atoms with Gasteiger partial charge in [0.1, 0.15) is 0 Å². The van der Waals surface area contributed by atoms with Crippen molar-refractivity contribution in [3.63, 3.8) is 0 Å². The van der Waals surface area contributed by atoms with Crippen LogP contribution in [-0.4, -0.2) is 58.6 Å². The Kier molecular flexibility index (Phi) is 6.32. The van der Waals surface area contributed by atoms with Crippen molar-refractivity contribution in [3.8, 4) is 10.6 Å². The molecule has 1 fully saturated rings. The number of thiazole rings is 1. The summed E-state index contributed by atoms with van der Waals surface area (Å²) >= 11 is 1.62. The van der Waals surface area contributed by atoms with Crippen LogP contribution in [0.25, 0.3) is 10.6 Å². The normalized spacial score (nSPS) is 14.5. The quantitative estimate of drug-likeness (QED) is 0.628. The molecular formula is C21H24N6O2S. The summed E-state index contributed by atoms with van der Waals surface area (Å²) in [6.07, 6.45) is 1.74. The molecule has 2 aromatic heterocycles. The van der Waals surface area contributed by atoms with Gasteiger partial charge in [0, 0.05) is 30.7 Å². The van der Waals surface area contributed by atoms with Gasteiger partial charge in [-0.2, -0.15) is 0 Å². The Morgan fingerprint density at radius 3 is 2.53 bits per heavy atom. The van der Waals surface area contributed by atoms with E-state index in [1.54, 1.807) is 17.5 Å². The van der Waals surface area contributed by atoms with E-state index < -0.39 is 0 Å². The predicted octanol–water partition coefficient (Wildman–Crippen LogP) is 3.23. The summed E-state index contributed by atoms with van der Waals surface area (Å²) in [6.45, 7) is 7.29. The molecule has 8 nitrogen and oxygen atoms in total. The lowest BCUT2D eigenvalue weighted by Gasteiger charge is -2.25. The van der Waals surface area contributed by atoms with Crippen LogP contribution in [-0.2, 0) is 9.53 Å². The number of aromatic nitrogens is 3. The number of carbonyl (C=O) groups excluding carboxylic acids is 1. The van der Waals surface area contributed by atoms with E-state index in [1.807, 2.05) is 44.2 Å². The number of carbonyl (C=O) groups is 1. The van der Waals surface area contributed by atoms with Gasteiger partial charge in [-0.1, -0.05) is 0 Å². The van der Waals surface area contributed by atoms with Crippen LogP contribution in [0.4, 0.5) is 17.3 Å². The fraction of sp³-hybridized carbons (Fsp3) is 0.333. The first-order chi connectivity index (χ1) is 14.6. The van der Waals surface area contributed by atoms with Crippen molar-refractivity contribution in [2.24, 2.45) is 0 Å². The molecule has 30 heavy (non-hydrogen) atoms. The third kappa shape index (κ3) is 5.18. The highest BCUT2D eigenvalue weighted by molar-refractivity contribution is 7.15. The number of hydrogen-bond acceptors (Lipinski definition) is 8. The average molecular weight is 425 g/mol. The van der Waals surface area contributed by atoms with Gasteiger partial charge < -0.3 is 15.4 Å². The molecule has 0 saturated carbocycles. The maximum absolute atomic E-state index is 12.2. The van der Waals surface area contributed by atoms with Gasteiger partial charge in [0.15, 0.2) is 0 Å². The number of morpholine rings is 1. The zero-order valence-corrected chi connectivity index (χ0v) is 17.8. The van der Waals surface area contributed by atoms with Crippen molar-refractivity contribution < 1.29 is 9.53 Å². The van der Waals surface area contributed by atoms with Crippen LogP contribution in [0.15, 0.2) is 36.5 Å². The van der Waals surface area contributed by atoms with Crippen molar-refractivity contribution >= 4 is 34.6 Å². The summed E-state index contributed by atoms with van der Waals surface area (Å²) < 4.78 is 5.31. The second-order valence-electron chi connectivity index (χ2n) is 7.05. The molecule has 2 N–H and O–H groups in total. The van der Waals surface area contributed by atoms with Gasteiger partial charge in [-0.25, -0.2) is 15.0 Å². The van der Waals surface area contributed by atoms with Crippen LogP contribution in [0.3, 0.4) is 0 Å². The first-order valence-electron chi connectivity index (χ1n) is 9.81. The van der Waals surface area contributed by atoms with Gasteiger partial charge in [0.25, 0.3) is 0 Å². The molecule has 3 heterocycles. The molecule has 4 rings (SSSR count). The summed E-state index contributed by atoms with van der Waals surface area (Å²) in [5.41, 5.74) is 3.42. The zero-order valence-electron chi connectivity index (χ0n) is 17.0. The molecule has 0 bridgehead atoms. The van der Waals surface area contributed by atoms with E-state index in [2.05, 4.69) is 30.5 Å². The van der Waals surface area contributed by atoms with E-state index in [0.29, 0.717) is 25.7 Å². The number of benzene rings is 1. The molecule has 1 aliphatic heterocycles. The SMILES string of the molecule is Cc1nc(C)c(-c2ccnc(Nc3ccc(NC(=O)CN4CCOCC4)cc3)n2)s1. The molecule has 0 radical (unpaired) electrons. The maximum atomic E-state index is 12.2. The molecule has 0 spiro atoms. The highest BCUT2D eigenvalue weighted by atomic mass is 32.1. The molecule has 0 atom stereocenters. The Balaban J connectivity index is 1.37. The largest absolute Gasteiger partial charge is 0.379 e. The Morgan fingerprint density at radius 2 is 1.83 bits per heavy atom. The van der Waals surface area contributed by atoms with E-state index in [4.69, 9.17) is 4.74 Å². The second kappa shape index (κ2) is 9.29.